The number of rotatable bonds is 3. The van der Waals surface area contributed by atoms with E-state index in [9.17, 15) is 0 Å². The Kier molecular flexibility index (Phi) is 4.10. The van der Waals surface area contributed by atoms with Crippen molar-refractivity contribution in [1.29, 1.82) is 0 Å². The fourth-order valence-electron chi connectivity index (χ4n) is 1.87. The predicted octanol–water partition coefficient (Wildman–Crippen LogP) is 3.24. The van der Waals surface area contributed by atoms with E-state index in [4.69, 9.17) is 27.3 Å². The van der Waals surface area contributed by atoms with E-state index in [0.717, 1.165) is 11.3 Å². The van der Waals surface area contributed by atoms with Crippen LogP contribution in [0.2, 0.25) is 5.02 Å². The summed E-state index contributed by atoms with van der Waals surface area (Å²) >= 11 is 6.06. The summed E-state index contributed by atoms with van der Waals surface area (Å²) in [4.78, 5) is 4.29. The Labute approximate surface area is 121 Å². The third-order valence-corrected chi connectivity index (χ3v) is 3.03. The molecule has 0 aliphatic rings. The molecule has 2 rings (SSSR count). The Morgan fingerprint density at radius 1 is 1.35 bits per heavy atom. The number of nitrogens with two attached hydrogens (primary N) is 1. The highest BCUT2D eigenvalue weighted by atomic mass is 35.5. The van der Waals surface area contributed by atoms with Crippen LogP contribution in [0.25, 0.3) is 0 Å². The molecule has 0 amide bonds. The largest absolute Gasteiger partial charge is 0.437 e. The maximum Gasteiger partial charge on any atom is 0.230 e. The van der Waals surface area contributed by atoms with E-state index >= 15 is 0 Å². The second-order valence-electron chi connectivity index (χ2n) is 4.28. The first kappa shape index (κ1) is 14.1. The molecule has 2 aromatic rings. The van der Waals surface area contributed by atoms with Crippen LogP contribution in [0.3, 0.4) is 0 Å². The molecule has 0 spiro atoms. The maximum absolute atomic E-state index is 8.88. The smallest absolute Gasteiger partial charge is 0.230 e. The highest BCUT2D eigenvalue weighted by molar-refractivity contribution is 6.32. The lowest BCUT2D eigenvalue weighted by Crippen LogP contribution is -2.17. The first-order valence-electron chi connectivity index (χ1n) is 5.91. The molecule has 104 valence electrons. The summed E-state index contributed by atoms with van der Waals surface area (Å²) in [6.07, 6.45) is 0. The van der Waals surface area contributed by atoms with Crippen LogP contribution in [0.15, 0.2) is 35.5 Å². The molecular weight excluding hydrogens is 278 g/mol. The van der Waals surface area contributed by atoms with Crippen molar-refractivity contribution < 1.29 is 9.94 Å². The molecule has 0 fully saturated rings. The number of benzene rings is 1. The van der Waals surface area contributed by atoms with E-state index < -0.39 is 0 Å². The van der Waals surface area contributed by atoms with Gasteiger partial charge in [-0.15, -0.1) is 0 Å². The van der Waals surface area contributed by atoms with Gasteiger partial charge in [-0.1, -0.05) is 28.9 Å². The summed E-state index contributed by atoms with van der Waals surface area (Å²) in [6, 6.07) is 8.86. The van der Waals surface area contributed by atoms with Crippen molar-refractivity contribution in [3.05, 3.63) is 52.2 Å². The maximum atomic E-state index is 8.88. The van der Waals surface area contributed by atoms with E-state index in [0.29, 0.717) is 16.3 Å². The zero-order chi connectivity index (χ0) is 14.7. The zero-order valence-corrected chi connectivity index (χ0v) is 11.8. The summed E-state index contributed by atoms with van der Waals surface area (Å²) in [5.41, 5.74) is 7.69. The van der Waals surface area contributed by atoms with Gasteiger partial charge in [-0.25, -0.2) is 4.98 Å². The van der Waals surface area contributed by atoms with Crippen molar-refractivity contribution in [2.75, 3.05) is 0 Å². The molecule has 5 nitrogen and oxygen atoms in total. The molecule has 0 saturated carbocycles. The van der Waals surface area contributed by atoms with Gasteiger partial charge in [0.2, 0.25) is 5.88 Å². The van der Waals surface area contributed by atoms with Crippen LogP contribution in [-0.4, -0.2) is 16.0 Å². The lowest BCUT2D eigenvalue weighted by Gasteiger charge is -2.13. The Morgan fingerprint density at radius 3 is 2.70 bits per heavy atom. The van der Waals surface area contributed by atoms with Gasteiger partial charge in [0.1, 0.15) is 5.75 Å². The van der Waals surface area contributed by atoms with Crippen molar-refractivity contribution in [2.24, 2.45) is 10.9 Å². The number of aryl methyl sites for hydroxylation is 2. The van der Waals surface area contributed by atoms with Gasteiger partial charge in [0.15, 0.2) is 5.84 Å². The van der Waals surface area contributed by atoms with E-state index in [1.165, 1.54) is 0 Å². The van der Waals surface area contributed by atoms with E-state index in [-0.39, 0.29) is 11.7 Å². The third kappa shape index (κ3) is 2.83. The summed E-state index contributed by atoms with van der Waals surface area (Å²) in [7, 11) is 0. The third-order valence-electron chi connectivity index (χ3n) is 2.72. The van der Waals surface area contributed by atoms with Crippen LogP contribution in [0.4, 0.5) is 0 Å². The number of halogens is 1. The van der Waals surface area contributed by atoms with Gasteiger partial charge in [-0.2, -0.15) is 0 Å². The van der Waals surface area contributed by atoms with E-state index in [1.54, 1.807) is 24.3 Å². The zero-order valence-electron chi connectivity index (χ0n) is 11.1. The fourth-order valence-corrected chi connectivity index (χ4v) is 2.04. The van der Waals surface area contributed by atoms with Crippen LogP contribution in [-0.2, 0) is 0 Å². The summed E-state index contributed by atoms with van der Waals surface area (Å²) in [6.45, 7) is 3.67. The van der Waals surface area contributed by atoms with Crippen molar-refractivity contribution >= 4 is 17.4 Å². The Morgan fingerprint density at radius 2 is 2.05 bits per heavy atom. The quantitative estimate of drug-likeness (QED) is 0.394. The molecule has 0 bridgehead atoms. The molecular formula is C14H14ClN3O2. The van der Waals surface area contributed by atoms with Crippen LogP contribution in [0.5, 0.6) is 11.6 Å². The van der Waals surface area contributed by atoms with Gasteiger partial charge in [-0.3, -0.25) is 0 Å². The number of ether oxygens (including phenoxy) is 1. The predicted molar refractivity (Wildman–Crippen MR) is 77.7 cm³/mol. The second-order valence-corrected chi connectivity index (χ2v) is 4.69. The van der Waals surface area contributed by atoms with Gasteiger partial charge in [0, 0.05) is 5.69 Å². The molecule has 6 heteroatoms. The number of hydrogen-bond acceptors (Lipinski definition) is 4. The number of nitrogens with zero attached hydrogens (tertiary/aromatic N) is 2. The molecule has 1 heterocycles. The van der Waals surface area contributed by atoms with Gasteiger partial charge >= 0.3 is 0 Å². The standard InChI is InChI=1S/C14H14ClN3O2/c1-8-7-9(2)17-14(12(8)13(16)18-19)20-11-6-4-3-5-10(11)15/h3-7,19H,1-2H3,(H2,16,18). The fraction of sp³-hybridized carbons (Fsp3) is 0.143. The molecule has 0 unspecified atom stereocenters. The minimum atomic E-state index is -0.0583. The SMILES string of the molecule is Cc1cc(C)c(C(N)=NO)c(Oc2ccccc2Cl)n1. The molecule has 0 radical (unpaired) electrons. The normalized spacial score (nSPS) is 11.4. The number of aromatic nitrogens is 1. The molecule has 0 aliphatic carbocycles. The van der Waals surface area contributed by atoms with Crippen molar-refractivity contribution in [1.82, 2.24) is 4.98 Å². The number of hydrogen-bond donors (Lipinski definition) is 2. The van der Waals surface area contributed by atoms with E-state index in [1.807, 2.05) is 19.9 Å². The first-order valence-corrected chi connectivity index (χ1v) is 6.29. The van der Waals surface area contributed by atoms with Crippen LogP contribution < -0.4 is 10.5 Å². The lowest BCUT2D eigenvalue weighted by molar-refractivity contribution is 0.318. The molecule has 3 N–H and O–H groups in total. The van der Waals surface area contributed by atoms with Crippen LogP contribution >= 0.6 is 11.6 Å². The van der Waals surface area contributed by atoms with E-state index in [2.05, 4.69) is 10.1 Å². The molecule has 0 aliphatic heterocycles. The highest BCUT2D eigenvalue weighted by Gasteiger charge is 2.16. The average molecular weight is 292 g/mol. The summed E-state index contributed by atoms with van der Waals surface area (Å²) < 4.78 is 5.71. The van der Waals surface area contributed by atoms with Gasteiger partial charge in [-0.05, 0) is 37.6 Å². The number of pyridine rings is 1. The monoisotopic (exact) mass is 291 g/mol. The molecule has 20 heavy (non-hydrogen) atoms. The van der Waals surface area contributed by atoms with Crippen molar-refractivity contribution in [3.8, 4) is 11.6 Å². The van der Waals surface area contributed by atoms with Crippen molar-refractivity contribution in [3.63, 3.8) is 0 Å². The average Bonchev–Trinajstić information content (AvgIpc) is 2.40. The highest BCUT2D eigenvalue weighted by Crippen LogP contribution is 2.31. The minimum absolute atomic E-state index is 0.0583. The van der Waals surface area contributed by atoms with Gasteiger partial charge in [0.25, 0.3) is 0 Å². The van der Waals surface area contributed by atoms with Gasteiger partial charge in [0.05, 0.1) is 10.6 Å². The molecule has 0 saturated heterocycles. The Balaban J connectivity index is 2.53. The number of oxime groups is 1. The first-order chi connectivity index (χ1) is 9.52. The topological polar surface area (TPSA) is 80.7 Å². The van der Waals surface area contributed by atoms with Gasteiger partial charge < -0.3 is 15.7 Å². The summed E-state index contributed by atoms with van der Waals surface area (Å²) in [5, 5.41) is 12.4. The Hall–Kier alpha value is -2.27. The molecule has 0 atom stereocenters. The lowest BCUT2D eigenvalue weighted by atomic mass is 10.1. The number of para-hydroxylation sites is 1. The molecule has 1 aromatic heterocycles. The van der Waals surface area contributed by atoms with Crippen LogP contribution in [0.1, 0.15) is 16.8 Å². The Bertz CT molecular complexity index is 671. The number of amidine groups is 1. The van der Waals surface area contributed by atoms with Crippen molar-refractivity contribution in [2.45, 2.75) is 13.8 Å². The second kappa shape index (κ2) is 5.79. The molecule has 1 aromatic carbocycles. The van der Waals surface area contributed by atoms with Crippen LogP contribution in [0, 0.1) is 13.8 Å². The summed E-state index contributed by atoms with van der Waals surface area (Å²) in [5.74, 6) is 0.654. The minimum Gasteiger partial charge on any atom is -0.437 e.